The summed E-state index contributed by atoms with van der Waals surface area (Å²) in [5, 5.41) is 3.81. The van der Waals surface area contributed by atoms with E-state index in [0.717, 1.165) is 25.0 Å². The summed E-state index contributed by atoms with van der Waals surface area (Å²) in [7, 11) is 0. The van der Waals surface area contributed by atoms with E-state index in [4.69, 9.17) is 9.26 Å². The second-order valence-corrected chi connectivity index (χ2v) is 5.99. The summed E-state index contributed by atoms with van der Waals surface area (Å²) in [6, 6.07) is 11.7. The molecule has 0 radical (unpaired) electrons. The minimum Gasteiger partial charge on any atom is -0.376 e. The van der Waals surface area contributed by atoms with Crippen LogP contribution in [0.5, 0.6) is 0 Å². The number of amides is 1. The van der Waals surface area contributed by atoms with E-state index < -0.39 is 0 Å². The topological polar surface area (TPSA) is 55.6 Å². The molecular weight excluding hydrogens is 304 g/mol. The quantitative estimate of drug-likeness (QED) is 0.817. The zero-order valence-corrected chi connectivity index (χ0v) is 13.9. The van der Waals surface area contributed by atoms with Crippen LogP contribution in [0.2, 0.25) is 0 Å². The van der Waals surface area contributed by atoms with Gasteiger partial charge in [0.2, 0.25) is 5.76 Å². The molecule has 1 amide bonds. The molecule has 1 saturated heterocycles. The minimum atomic E-state index is -0.149. The van der Waals surface area contributed by atoms with Crippen molar-refractivity contribution in [3.63, 3.8) is 0 Å². The average molecular weight is 326 g/mol. The van der Waals surface area contributed by atoms with E-state index in [1.807, 2.05) is 42.5 Å². The molecule has 1 aromatic heterocycles. The van der Waals surface area contributed by atoms with Crippen LogP contribution in [0.1, 0.15) is 34.7 Å². The van der Waals surface area contributed by atoms with Gasteiger partial charge in [0, 0.05) is 25.8 Å². The van der Waals surface area contributed by atoms with Gasteiger partial charge in [0.1, 0.15) is 0 Å². The number of carbonyl (C=O) groups is 1. The lowest BCUT2D eigenvalue weighted by Crippen LogP contribution is -2.37. The van der Waals surface area contributed by atoms with E-state index in [2.05, 4.69) is 5.16 Å². The number of benzene rings is 1. The van der Waals surface area contributed by atoms with Crippen LogP contribution < -0.4 is 0 Å². The van der Waals surface area contributed by atoms with Gasteiger partial charge < -0.3 is 14.2 Å². The number of rotatable bonds is 6. The van der Waals surface area contributed by atoms with Gasteiger partial charge in [0.15, 0.2) is 0 Å². The summed E-state index contributed by atoms with van der Waals surface area (Å²) in [6.07, 6.45) is 6.14. The van der Waals surface area contributed by atoms with Crippen LogP contribution in [0.15, 0.2) is 47.0 Å². The molecule has 1 fully saturated rings. The number of aryl methyl sites for hydroxylation is 1. The van der Waals surface area contributed by atoms with Gasteiger partial charge in [-0.3, -0.25) is 4.79 Å². The van der Waals surface area contributed by atoms with Crippen molar-refractivity contribution in [1.82, 2.24) is 10.1 Å². The second kappa shape index (κ2) is 7.93. The lowest BCUT2D eigenvalue weighted by Gasteiger charge is -2.23. The molecule has 24 heavy (non-hydrogen) atoms. The SMILES string of the molecule is Cc1cc(C(=O)N(CC=Cc2ccccc2)CC2CCCO2)on1. The molecule has 0 bridgehead atoms. The fourth-order valence-electron chi connectivity index (χ4n) is 2.77. The van der Waals surface area contributed by atoms with Gasteiger partial charge in [0.05, 0.1) is 11.8 Å². The van der Waals surface area contributed by atoms with Crippen molar-refractivity contribution in [2.75, 3.05) is 19.7 Å². The average Bonchev–Trinajstić information content (AvgIpc) is 3.26. The summed E-state index contributed by atoms with van der Waals surface area (Å²) in [4.78, 5) is 14.5. The molecule has 5 nitrogen and oxygen atoms in total. The number of hydrogen-bond acceptors (Lipinski definition) is 4. The lowest BCUT2D eigenvalue weighted by atomic mass is 10.2. The molecule has 1 atom stereocenters. The van der Waals surface area contributed by atoms with Crippen LogP contribution >= 0.6 is 0 Å². The van der Waals surface area contributed by atoms with Gasteiger partial charge in [-0.05, 0) is 25.3 Å². The Bertz CT molecular complexity index is 688. The Balaban J connectivity index is 1.69. The third kappa shape index (κ3) is 4.32. The maximum Gasteiger partial charge on any atom is 0.292 e. The number of carbonyl (C=O) groups excluding carboxylic acids is 1. The summed E-state index contributed by atoms with van der Waals surface area (Å²) in [5.41, 5.74) is 1.81. The van der Waals surface area contributed by atoms with E-state index in [0.29, 0.717) is 18.8 Å². The maximum atomic E-state index is 12.7. The monoisotopic (exact) mass is 326 g/mol. The zero-order chi connectivity index (χ0) is 16.8. The van der Waals surface area contributed by atoms with Crippen LogP contribution in [0.3, 0.4) is 0 Å². The molecule has 1 aromatic carbocycles. The van der Waals surface area contributed by atoms with Gasteiger partial charge in [-0.15, -0.1) is 0 Å². The van der Waals surface area contributed by atoms with Crippen LogP contribution in [0, 0.1) is 6.92 Å². The van der Waals surface area contributed by atoms with Crippen molar-refractivity contribution in [3.8, 4) is 0 Å². The number of ether oxygens (including phenoxy) is 1. The Morgan fingerprint density at radius 1 is 1.38 bits per heavy atom. The predicted octanol–water partition coefficient (Wildman–Crippen LogP) is 3.32. The van der Waals surface area contributed by atoms with Crippen LogP contribution in [0.4, 0.5) is 0 Å². The van der Waals surface area contributed by atoms with Crippen LogP contribution in [-0.4, -0.2) is 41.8 Å². The second-order valence-electron chi connectivity index (χ2n) is 5.99. The van der Waals surface area contributed by atoms with E-state index >= 15 is 0 Å². The predicted molar refractivity (Wildman–Crippen MR) is 91.6 cm³/mol. The molecule has 5 heteroatoms. The van der Waals surface area contributed by atoms with Crippen molar-refractivity contribution in [3.05, 3.63) is 59.5 Å². The van der Waals surface area contributed by atoms with E-state index in [9.17, 15) is 4.79 Å². The number of aromatic nitrogens is 1. The molecule has 1 unspecified atom stereocenters. The molecule has 0 saturated carbocycles. The first-order valence-electron chi connectivity index (χ1n) is 8.28. The van der Waals surface area contributed by atoms with Gasteiger partial charge in [-0.2, -0.15) is 0 Å². The van der Waals surface area contributed by atoms with Gasteiger partial charge >= 0.3 is 0 Å². The van der Waals surface area contributed by atoms with Crippen molar-refractivity contribution >= 4 is 12.0 Å². The number of hydrogen-bond donors (Lipinski definition) is 0. The highest BCUT2D eigenvalue weighted by Gasteiger charge is 2.24. The highest BCUT2D eigenvalue weighted by molar-refractivity contribution is 5.91. The Hall–Kier alpha value is -2.40. The summed E-state index contributed by atoms with van der Waals surface area (Å²) < 4.78 is 10.8. The zero-order valence-electron chi connectivity index (χ0n) is 13.9. The molecule has 2 aromatic rings. The van der Waals surface area contributed by atoms with Gasteiger partial charge in [0.25, 0.3) is 5.91 Å². The molecule has 0 N–H and O–H groups in total. The Kier molecular flexibility index (Phi) is 5.43. The third-order valence-electron chi connectivity index (χ3n) is 4.01. The molecule has 0 spiro atoms. The van der Waals surface area contributed by atoms with Gasteiger partial charge in [-0.25, -0.2) is 0 Å². The third-order valence-corrected chi connectivity index (χ3v) is 4.01. The Labute approximate surface area is 141 Å². The van der Waals surface area contributed by atoms with E-state index in [-0.39, 0.29) is 17.8 Å². The van der Waals surface area contributed by atoms with Crippen molar-refractivity contribution in [2.45, 2.75) is 25.9 Å². The first-order valence-corrected chi connectivity index (χ1v) is 8.28. The summed E-state index contributed by atoms with van der Waals surface area (Å²) in [5.74, 6) is 0.127. The maximum absolute atomic E-state index is 12.7. The first-order chi connectivity index (χ1) is 11.7. The fourth-order valence-corrected chi connectivity index (χ4v) is 2.77. The van der Waals surface area contributed by atoms with Crippen molar-refractivity contribution < 1.29 is 14.1 Å². The van der Waals surface area contributed by atoms with Gasteiger partial charge in [-0.1, -0.05) is 47.6 Å². The Morgan fingerprint density at radius 3 is 2.88 bits per heavy atom. The van der Waals surface area contributed by atoms with Crippen LogP contribution in [0.25, 0.3) is 6.08 Å². The normalized spacial score (nSPS) is 17.5. The standard InChI is InChI=1S/C19H22N2O3/c1-15-13-18(24-20-15)19(22)21(14-17-10-6-12-23-17)11-5-9-16-7-3-2-4-8-16/h2-5,7-9,13,17H,6,10-12,14H2,1H3. The van der Waals surface area contributed by atoms with Crippen molar-refractivity contribution in [1.29, 1.82) is 0 Å². The largest absolute Gasteiger partial charge is 0.376 e. The fraction of sp³-hybridized carbons (Fsp3) is 0.368. The summed E-state index contributed by atoms with van der Waals surface area (Å²) in [6.45, 7) is 3.65. The summed E-state index contributed by atoms with van der Waals surface area (Å²) >= 11 is 0. The van der Waals surface area contributed by atoms with Crippen LogP contribution in [-0.2, 0) is 4.74 Å². The molecule has 3 rings (SSSR count). The molecular formula is C19H22N2O3. The molecule has 126 valence electrons. The smallest absolute Gasteiger partial charge is 0.292 e. The molecule has 1 aliphatic rings. The van der Waals surface area contributed by atoms with Crippen molar-refractivity contribution in [2.24, 2.45) is 0 Å². The molecule has 2 heterocycles. The van der Waals surface area contributed by atoms with E-state index in [1.54, 1.807) is 17.9 Å². The molecule has 0 aliphatic carbocycles. The number of nitrogens with zero attached hydrogens (tertiary/aromatic N) is 2. The highest BCUT2D eigenvalue weighted by atomic mass is 16.5. The highest BCUT2D eigenvalue weighted by Crippen LogP contribution is 2.16. The molecule has 1 aliphatic heterocycles. The lowest BCUT2D eigenvalue weighted by molar-refractivity contribution is 0.0524. The Morgan fingerprint density at radius 2 is 2.21 bits per heavy atom. The first kappa shape index (κ1) is 16.5. The minimum absolute atomic E-state index is 0.100. The van der Waals surface area contributed by atoms with E-state index in [1.165, 1.54) is 0 Å².